The molecule has 0 unspecified atom stereocenters. The number of rotatable bonds is 5. The summed E-state index contributed by atoms with van der Waals surface area (Å²) in [5, 5.41) is 4.10. The molecule has 1 aliphatic rings. The molecule has 4 heteroatoms. The fraction of sp³-hybridized carbons (Fsp3) is 0.381. The first-order valence-corrected chi connectivity index (χ1v) is 9.52. The normalized spacial score (nSPS) is 13.8. The van der Waals surface area contributed by atoms with Crippen LogP contribution in [0.2, 0.25) is 0 Å². The number of anilines is 2. The van der Waals surface area contributed by atoms with Crippen LogP contribution in [0.1, 0.15) is 30.9 Å². The summed E-state index contributed by atoms with van der Waals surface area (Å²) in [4.78, 5) is 4.60. The monoisotopic (exact) mass is 353 g/mol. The van der Waals surface area contributed by atoms with Gasteiger partial charge in [-0.2, -0.15) is 0 Å². The summed E-state index contributed by atoms with van der Waals surface area (Å²) in [5.41, 5.74) is 5.06. The molecule has 0 atom stereocenters. The predicted molar refractivity (Wildman–Crippen MR) is 111 cm³/mol. The van der Waals surface area contributed by atoms with Crippen molar-refractivity contribution in [1.82, 2.24) is 4.90 Å². The number of hydrogen-bond donors (Lipinski definition) is 1. The molecule has 1 fully saturated rings. The van der Waals surface area contributed by atoms with Gasteiger partial charge in [0.15, 0.2) is 5.11 Å². The number of para-hydroxylation sites is 1. The third kappa shape index (κ3) is 4.51. The van der Waals surface area contributed by atoms with Crippen molar-refractivity contribution in [3.63, 3.8) is 0 Å². The quantitative estimate of drug-likeness (QED) is 0.787. The highest BCUT2D eigenvalue weighted by Crippen LogP contribution is 2.25. The third-order valence-electron chi connectivity index (χ3n) is 4.81. The van der Waals surface area contributed by atoms with E-state index in [-0.39, 0.29) is 0 Å². The van der Waals surface area contributed by atoms with Crippen LogP contribution in [0.4, 0.5) is 11.4 Å². The molecule has 1 aliphatic heterocycles. The van der Waals surface area contributed by atoms with Crippen molar-refractivity contribution in [2.75, 3.05) is 30.4 Å². The Morgan fingerprint density at radius 3 is 2.44 bits per heavy atom. The summed E-state index contributed by atoms with van der Waals surface area (Å²) < 4.78 is 0. The fourth-order valence-corrected chi connectivity index (χ4v) is 3.46. The fourth-order valence-electron chi connectivity index (χ4n) is 3.28. The molecular weight excluding hydrogens is 326 g/mol. The van der Waals surface area contributed by atoms with Gasteiger partial charge in [-0.05, 0) is 60.8 Å². The molecule has 3 rings (SSSR count). The standard InChI is InChI=1S/C21H27N3S/c1-3-17-10-12-19(13-11-17)22-21(25)23(2)16-18-8-4-5-9-20(18)24-14-6-7-15-24/h4-5,8-13H,3,6-7,14-16H2,1-2H3,(H,22,25). The van der Waals surface area contributed by atoms with Crippen LogP contribution in [0.3, 0.4) is 0 Å². The van der Waals surface area contributed by atoms with E-state index in [1.807, 2.05) is 0 Å². The second kappa shape index (κ2) is 8.34. The topological polar surface area (TPSA) is 18.5 Å². The summed E-state index contributed by atoms with van der Waals surface area (Å²) in [6, 6.07) is 17.2. The SMILES string of the molecule is CCc1ccc(NC(=S)N(C)Cc2ccccc2N2CCCC2)cc1. The highest BCUT2D eigenvalue weighted by Gasteiger charge is 2.16. The van der Waals surface area contributed by atoms with Crippen molar-refractivity contribution in [3.8, 4) is 0 Å². The Bertz CT molecular complexity index is 705. The van der Waals surface area contributed by atoms with E-state index in [2.05, 4.69) is 77.6 Å². The van der Waals surface area contributed by atoms with Gasteiger partial charge in [0, 0.05) is 38.1 Å². The Morgan fingerprint density at radius 1 is 1.08 bits per heavy atom. The summed E-state index contributed by atoms with van der Waals surface area (Å²) in [6.45, 7) is 5.30. The minimum atomic E-state index is 0.750. The minimum Gasteiger partial charge on any atom is -0.371 e. The Kier molecular flexibility index (Phi) is 5.92. The number of benzene rings is 2. The Hall–Kier alpha value is -2.07. The van der Waals surface area contributed by atoms with E-state index >= 15 is 0 Å². The lowest BCUT2D eigenvalue weighted by Gasteiger charge is -2.26. The van der Waals surface area contributed by atoms with E-state index in [4.69, 9.17) is 12.2 Å². The van der Waals surface area contributed by atoms with Gasteiger partial charge in [-0.3, -0.25) is 0 Å². The van der Waals surface area contributed by atoms with Crippen molar-refractivity contribution in [1.29, 1.82) is 0 Å². The molecule has 25 heavy (non-hydrogen) atoms. The number of nitrogens with zero attached hydrogens (tertiary/aromatic N) is 2. The molecule has 0 bridgehead atoms. The van der Waals surface area contributed by atoms with Crippen LogP contribution < -0.4 is 10.2 Å². The van der Waals surface area contributed by atoms with Crippen molar-refractivity contribution in [2.24, 2.45) is 0 Å². The molecular formula is C21H27N3S. The van der Waals surface area contributed by atoms with Gasteiger partial charge in [0.1, 0.15) is 0 Å². The first kappa shape index (κ1) is 17.7. The van der Waals surface area contributed by atoms with Crippen LogP contribution in [-0.2, 0) is 13.0 Å². The zero-order valence-corrected chi connectivity index (χ0v) is 16.0. The highest BCUT2D eigenvalue weighted by atomic mass is 32.1. The second-order valence-electron chi connectivity index (χ2n) is 6.66. The maximum atomic E-state index is 5.60. The van der Waals surface area contributed by atoms with Gasteiger partial charge in [0.25, 0.3) is 0 Å². The summed E-state index contributed by atoms with van der Waals surface area (Å²) in [7, 11) is 2.05. The van der Waals surface area contributed by atoms with Crippen LogP contribution in [0, 0.1) is 0 Å². The summed E-state index contributed by atoms with van der Waals surface area (Å²) >= 11 is 5.60. The van der Waals surface area contributed by atoms with E-state index in [0.29, 0.717) is 0 Å². The lowest BCUT2D eigenvalue weighted by Crippen LogP contribution is -2.31. The van der Waals surface area contributed by atoms with Gasteiger partial charge < -0.3 is 15.1 Å². The van der Waals surface area contributed by atoms with Gasteiger partial charge in [-0.1, -0.05) is 37.3 Å². The van der Waals surface area contributed by atoms with Crippen LogP contribution in [-0.4, -0.2) is 30.1 Å². The number of thiocarbonyl (C=S) groups is 1. The molecule has 0 aliphatic carbocycles. The lowest BCUT2D eigenvalue weighted by molar-refractivity contribution is 0.508. The van der Waals surface area contributed by atoms with Crippen molar-refractivity contribution in [3.05, 3.63) is 59.7 Å². The number of hydrogen-bond acceptors (Lipinski definition) is 2. The molecule has 3 nitrogen and oxygen atoms in total. The summed E-state index contributed by atoms with van der Waals surface area (Å²) in [6.07, 6.45) is 3.63. The van der Waals surface area contributed by atoms with E-state index in [1.165, 1.54) is 29.7 Å². The van der Waals surface area contributed by atoms with Gasteiger partial charge >= 0.3 is 0 Å². The molecule has 0 amide bonds. The Labute approximate surface area is 156 Å². The highest BCUT2D eigenvalue weighted by molar-refractivity contribution is 7.80. The minimum absolute atomic E-state index is 0.750. The van der Waals surface area contributed by atoms with Crippen LogP contribution in [0.25, 0.3) is 0 Å². The molecule has 0 spiro atoms. The second-order valence-corrected chi connectivity index (χ2v) is 7.05. The van der Waals surface area contributed by atoms with Crippen LogP contribution in [0.15, 0.2) is 48.5 Å². The maximum absolute atomic E-state index is 5.60. The number of nitrogens with one attached hydrogen (secondary N) is 1. The third-order valence-corrected chi connectivity index (χ3v) is 5.22. The smallest absolute Gasteiger partial charge is 0.173 e. The molecule has 2 aromatic rings. The Balaban J connectivity index is 1.65. The largest absolute Gasteiger partial charge is 0.371 e. The van der Waals surface area contributed by atoms with Gasteiger partial charge in [0.2, 0.25) is 0 Å². The van der Waals surface area contributed by atoms with E-state index in [9.17, 15) is 0 Å². The predicted octanol–water partition coefficient (Wildman–Crippen LogP) is 4.68. The first-order valence-electron chi connectivity index (χ1n) is 9.11. The molecule has 2 aromatic carbocycles. The lowest BCUT2D eigenvalue weighted by atomic mass is 10.1. The van der Waals surface area contributed by atoms with Crippen molar-refractivity contribution < 1.29 is 0 Å². The molecule has 0 saturated carbocycles. The van der Waals surface area contributed by atoms with Crippen molar-refractivity contribution in [2.45, 2.75) is 32.7 Å². The van der Waals surface area contributed by atoms with Gasteiger partial charge in [0.05, 0.1) is 0 Å². The van der Waals surface area contributed by atoms with Crippen LogP contribution >= 0.6 is 12.2 Å². The first-order chi connectivity index (χ1) is 12.2. The summed E-state index contributed by atoms with van der Waals surface area (Å²) in [5.74, 6) is 0. The van der Waals surface area contributed by atoms with Crippen molar-refractivity contribution >= 4 is 28.7 Å². The van der Waals surface area contributed by atoms with Gasteiger partial charge in [-0.25, -0.2) is 0 Å². The molecule has 0 aromatic heterocycles. The van der Waals surface area contributed by atoms with E-state index < -0.39 is 0 Å². The maximum Gasteiger partial charge on any atom is 0.173 e. The molecule has 1 saturated heterocycles. The Morgan fingerprint density at radius 2 is 1.76 bits per heavy atom. The zero-order chi connectivity index (χ0) is 17.6. The van der Waals surface area contributed by atoms with Gasteiger partial charge in [-0.15, -0.1) is 0 Å². The molecule has 132 valence electrons. The average Bonchev–Trinajstić information content (AvgIpc) is 3.17. The molecule has 0 radical (unpaired) electrons. The zero-order valence-electron chi connectivity index (χ0n) is 15.2. The number of aryl methyl sites for hydroxylation is 1. The molecule has 1 N–H and O–H groups in total. The van der Waals surface area contributed by atoms with E-state index in [0.717, 1.165) is 36.9 Å². The van der Waals surface area contributed by atoms with E-state index in [1.54, 1.807) is 0 Å². The average molecular weight is 354 g/mol. The van der Waals surface area contributed by atoms with Crippen LogP contribution in [0.5, 0.6) is 0 Å². The molecule has 1 heterocycles.